The molecular weight excluding hydrogens is 385 g/mol. The summed E-state index contributed by atoms with van der Waals surface area (Å²) in [5.41, 5.74) is 2.03. The first kappa shape index (κ1) is 24.0. The second kappa shape index (κ2) is 11.1. The van der Waals surface area contributed by atoms with Gasteiger partial charge in [0.25, 0.3) is 0 Å². The molecule has 0 spiro atoms. The third kappa shape index (κ3) is 5.74. The number of anilines is 1. The molecule has 5 nitrogen and oxygen atoms in total. The Kier molecular flexibility index (Phi) is 9.88. The summed E-state index contributed by atoms with van der Waals surface area (Å²) in [6.07, 6.45) is 4.19. The number of nitrogens with zero attached hydrogens (tertiary/aromatic N) is 1. The summed E-state index contributed by atoms with van der Waals surface area (Å²) in [5, 5.41) is 6.58. The van der Waals surface area contributed by atoms with Gasteiger partial charge in [0.05, 0.1) is 18.1 Å². The summed E-state index contributed by atoms with van der Waals surface area (Å²) < 4.78 is 5.38. The fourth-order valence-corrected chi connectivity index (χ4v) is 4.02. The Morgan fingerprint density at radius 3 is 2.56 bits per heavy atom. The number of halogens is 2. The number of hydrogen-bond donors (Lipinski definition) is 2. The first-order valence-electron chi connectivity index (χ1n) is 9.50. The molecule has 0 bridgehead atoms. The molecule has 7 heteroatoms. The Hall–Kier alpha value is -1.01. The zero-order chi connectivity index (χ0) is 17.7. The standard InChI is InChI=1S/C20H31N3O2.2ClH/c1-16(17-6-5-7-18(14-17)23-12-3-4-13-23)22-19(24)20(15-25-2)8-10-21-11-9-20;;/h5-7,14,16,21H,3-4,8-13,15H2,1-2H3,(H,22,24);2*1H. The zero-order valence-electron chi connectivity index (χ0n) is 16.3. The predicted octanol–water partition coefficient (Wildman–Crippen LogP) is 3.32. The Labute approximate surface area is 175 Å². The van der Waals surface area contributed by atoms with Gasteiger partial charge in [0.2, 0.25) is 5.91 Å². The van der Waals surface area contributed by atoms with E-state index in [0.717, 1.165) is 39.0 Å². The minimum absolute atomic E-state index is 0. The number of rotatable bonds is 6. The summed E-state index contributed by atoms with van der Waals surface area (Å²) in [5.74, 6) is 0.120. The fraction of sp³-hybridized carbons (Fsp3) is 0.650. The van der Waals surface area contributed by atoms with E-state index in [1.165, 1.54) is 24.1 Å². The fourth-order valence-electron chi connectivity index (χ4n) is 4.02. The lowest BCUT2D eigenvalue weighted by atomic mass is 9.78. The lowest BCUT2D eigenvalue weighted by molar-refractivity contribution is -0.136. The molecule has 2 aliphatic rings. The van der Waals surface area contributed by atoms with Crippen molar-refractivity contribution in [2.75, 3.05) is 44.8 Å². The molecule has 27 heavy (non-hydrogen) atoms. The van der Waals surface area contributed by atoms with Gasteiger partial charge in [0.1, 0.15) is 0 Å². The van der Waals surface area contributed by atoms with Crippen LogP contribution in [0.4, 0.5) is 5.69 Å². The molecule has 1 aromatic carbocycles. The number of ether oxygens (including phenoxy) is 1. The lowest BCUT2D eigenvalue weighted by Gasteiger charge is -2.36. The van der Waals surface area contributed by atoms with Crippen molar-refractivity contribution in [2.24, 2.45) is 5.41 Å². The van der Waals surface area contributed by atoms with Crippen molar-refractivity contribution in [3.63, 3.8) is 0 Å². The van der Waals surface area contributed by atoms with E-state index in [-0.39, 0.29) is 36.8 Å². The van der Waals surface area contributed by atoms with Gasteiger partial charge in [-0.15, -0.1) is 24.8 Å². The molecule has 1 atom stereocenters. The van der Waals surface area contributed by atoms with Crippen LogP contribution < -0.4 is 15.5 Å². The van der Waals surface area contributed by atoms with E-state index in [4.69, 9.17) is 4.74 Å². The number of benzene rings is 1. The Morgan fingerprint density at radius 2 is 1.93 bits per heavy atom. The molecule has 1 unspecified atom stereocenters. The van der Waals surface area contributed by atoms with Gasteiger partial charge < -0.3 is 20.3 Å². The molecule has 0 saturated carbocycles. The smallest absolute Gasteiger partial charge is 0.229 e. The maximum atomic E-state index is 13.0. The summed E-state index contributed by atoms with van der Waals surface area (Å²) in [7, 11) is 1.68. The van der Waals surface area contributed by atoms with Crippen LogP contribution in [0.1, 0.15) is 44.2 Å². The van der Waals surface area contributed by atoms with Crippen LogP contribution in [0, 0.1) is 5.41 Å². The summed E-state index contributed by atoms with van der Waals surface area (Å²) >= 11 is 0. The number of amides is 1. The number of hydrogen-bond acceptors (Lipinski definition) is 4. The summed E-state index contributed by atoms with van der Waals surface area (Å²) in [6.45, 7) is 6.57. The van der Waals surface area contributed by atoms with Crippen LogP contribution in [0.25, 0.3) is 0 Å². The molecule has 2 aliphatic heterocycles. The van der Waals surface area contributed by atoms with Gasteiger partial charge in [-0.25, -0.2) is 0 Å². The average Bonchev–Trinajstić information content (AvgIpc) is 3.17. The van der Waals surface area contributed by atoms with Crippen LogP contribution in [0.15, 0.2) is 24.3 Å². The van der Waals surface area contributed by atoms with Crippen molar-refractivity contribution >= 4 is 36.4 Å². The van der Waals surface area contributed by atoms with Crippen LogP contribution in [-0.4, -0.2) is 45.8 Å². The van der Waals surface area contributed by atoms with Crippen LogP contribution in [0.5, 0.6) is 0 Å². The average molecular weight is 418 g/mol. The maximum Gasteiger partial charge on any atom is 0.229 e. The number of carbonyl (C=O) groups excluding carboxylic acids is 1. The molecule has 2 fully saturated rings. The molecule has 1 amide bonds. The van der Waals surface area contributed by atoms with Crippen LogP contribution in [-0.2, 0) is 9.53 Å². The second-order valence-electron chi connectivity index (χ2n) is 7.45. The molecule has 2 saturated heterocycles. The molecular formula is C20H33Cl2N3O2. The topological polar surface area (TPSA) is 53.6 Å². The van der Waals surface area contributed by atoms with Crippen molar-refractivity contribution in [2.45, 2.75) is 38.6 Å². The minimum atomic E-state index is -0.402. The van der Waals surface area contributed by atoms with E-state index in [0.29, 0.717) is 6.61 Å². The SMILES string of the molecule is COCC1(C(=O)NC(C)c2cccc(N3CCCC3)c2)CCNCC1.Cl.Cl. The van der Waals surface area contributed by atoms with Crippen molar-refractivity contribution in [3.8, 4) is 0 Å². The normalized spacial score (nSPS) is 19.6. The molecule has 154 valence electrons. The van der Waals surface area contributed by atoms with Crippen LogP contribution in [0.3, 0.4) is 0 Å². The van der Waals surface area contributed by atoms with Gasteiger partial charge in [-0.3, -0.25) is 4.79 Å². The summed E-state index contributed by atoms with van der Waals surface area (Å²) in [6, 6.07) is 8.60. The van der Waals surface area contributed by atoms with E-state index in [9.17, 15) is 4.79 Å². The Morgan fingerprint density at radius 1 is 1.26 bits per heavy atom. The first-order chi connectivity index (χ1) is 12.1. The lowest BCUT2D eigenvalue weighted by Crippen LogP contribution is -2.50. The first-order valence-corrected chi connectivity index (χ1v) is 9.50. The van der Waals surface area contributed by atoms with Crippen molar-refractivity contribution in [1.82, 2.24) is 10.6 Å². The highest BCUT2D eigenvalue weighted by Crippen LogP contribution is 2.31. The van der Waals surface area contributed by atoms with Crippen molar-refractivity contribution in [1.29, 1.82) is 0 Å². The second-order valence-corrected chi connectivity index (χ2v) is 7.45. The van der Waals surface area contributed by atoms with Gasteiger partial charge in [0.15, 0.2) is 0 Å². The van der Waals surface area contributed by atoms with Crippen LogP contribution >= 0.6 is 24.8 Å². The minimum Gasteiger partial charge on any atom is -0.384 e. The van der Waals surface area contributed by atoms with Gasteiger partial charge in [-0.05, 0) is 63.4 Å². The van der Waals surface area contributed by atoms with Crippen molar-refractivity contribution in [3.05, 3.63) is 29.8 Å². The number of nitrogens with one attached hydrogen (secondary N) is 2. The van der Waals surface area contributed by atoms with Gasteiger partial charge in [0, 0.05) is 25.9 Å². The quantitative estimate of drug-likeness (QED) is 0.744. The molecule has 3 rings (SSSR count). The van der Waals surface area contributed by atoms with E-state index >= 15 is 0 Å². The highest BCUT2D eigenvalue weighted by atomic mass is 35.5. The number of piperidine rings is 1. The third-order valence-corrected chi connectivity index (χ3v) is 5.65. The third-order valence-electron chi connectivity index (χ3n) is 5.65. The van der Waals surface area contributed by atoms with E-state index in [1.807, 2.05) is 0 Å². The van der Waals surface area contributed by atoms with E-state index in [1.54, 1.807) is 7.11 Å². The molecule has 0 radical (unpaired) electrons. The maximum absolute atomic E-state index is 13.0. The van der Waals surface area contributed by atoms with Gasteiger partial charge in [-0.1, -0.05) is 12.1 Å². The molecule has 2 N–H and O–H groups in total. The Bertz CT molecular complexity index is 583. The summed E-state index contributed by atoms with van der Waals surface area (Å²) in [4.78, 5) is 15.4. The molecule has 1 aromatic rings. The monoisotopic (exact) mass is 417 g/mol. The zero-order valence-corrected chi connectivity index (χ0v) is 18.0. The highest BCUT2D eigenvalue weighted by Gasteiger charge is 2.40. The molecule has 0 aromatic heterocycles. The number of carbonyl (C=O) groups is 1. The van der Waals surface area contributed by atoms with Gasteiger partial charge in [-0.2, -0.15) is 0 Å². The van der Waals surface area contributed by atoms with Crippen molar-refractivity contribution < 1.29 is 9.53 Å². The van der Waals surface area contributed by atoms with Gasteiger partial charge >= 0.3 is 0 Å². The Balaban J connectivity index is 0.00000182. The molecule has 0 aliphatic carbocycles. The number of methoxy groups -OCH3 is 1. The predicted molar refractivity (Wildman–Crippen MR) is 115 cm³/mol. The van der Waals surface area contributed by atoms with E-state index in [2.05, 4.69) is 46.7 Å². The molecule has 2 heterocycles. The van der Waals surface area contributed by atoms with Crippen LogP contribution in [0.2, 0.25) is 0 Å². The highest BCUT2D eigenvalue weighted by molar-refractivity contribution is 5.85. The van der Waals surface area contributed by atoms with E-state index < -0.39 is 5.41 Å². The largest absolute Gasteiger partial charge is 0.384 e.